The zero-order valence-corrected chi connectivity index (χ0v) is 9.13. The van der Waals surface area contributed by atoms with Crippen LogP contribution in [0.4, 0.5) is 0 Å². The van der Waals surface area contributed by atoms with Crippen molar-refractivity contribution < 1.29 is 42.5 Å². The maximum atomic E-state index is 10.4. The molecule has 0 saturated heterocycles. The molecular formula is C9H11AgNO4. The van der Waals surface area contributed by atoms with Crippen molar-refractivity contribution in [2.24, 2.45) is 5.73 Å². The van der Waals surface area contributed by atoms with E-state index in [0.717, 1.165) is 0 Å². The van der Waals surface area contributed by atoms with Crippen LogP contribution >= 0.6 is 0 Å². The molecule has 1 aromatic carbocycles. The molecule has 0 heterocycles. The van der Waals surface area contributed by atoms with Crippen molar-refractivity contribution in [1.82, 2.24) is 0 Å². The van der Waals surface area contributed by atoms with E-state index < -0.39 is 12.0 Å². The Morgan fingerprint density at radius 1 is 1.33 bits per heavy atom. The molecule has 1 unspecified atom stereocenters. The average Bonchev–Trinajstić information content (AvgIpc) is 2.11. The molecule has 1 atom stereocenters. The van der Waals surface area contributed by atoms with Crippen molar-refractivity contribution in [3.8, 4) is 11.5 Å². The van der Waals surface area contributed by atoms with Gasteiger partial charge in [0.15, 0.2) is 11.5 Å². The first kappa shape index (κ1) is 14.0. The molecule has 6 heteroatoms. The number of phenols is 2. The van der Waals surface area contributed by atoms with Crippen LogP contribution in [0.25, 0.3) is 0 Å². The van der Waals surface area contributed by atoms with Crippen molar-refractivity contribution in [2.75, 3.05) is 0 Å². The normalized spacial score (nSPS) is 11.5. The van der Waals surface area contributed by atoms with Crippen molar-refractivity contribution in [3.05, 3.63) is 23.8 Å². The molecule has 15 heavy (non-hydrogen) atoms. The van der Waals surface area contributed by atoms with Gasteiger partial charge in [0.2, 0.25) is 0 Å². The number of benzene rings is 1. The molecule has 0 aromatic heterocycles. The standard InChI is InChI=1S/C9H11NO4.Ag/c10-6(9(13)14)3-5-1-2-7(11)8(12)4-5;/h1-2,4,6,11-12H,3,10H2,(H,13,14);. The molecule has 87 valence electrons. The Morgan fingerprint density at radius 2 is 1.93 bits per heavy atom. The Labute approximate surface area is 102 Å². The second-order valence-electron chi connectivity index (χ2n) is 2.97. The zero-order chi connectivity index (χ0) is 10.7. The van der Waals surface area contributed by atoms with Gasteiger partial charge in [-0.1, -0.05) is 6.07 Å². The third-order valence-corrected chi connectivity index (χ3v) is 1.81. The fraction of sp³-hybridized carbons (Fsp3) is 0.222. The fourth-order valence-corrected chi connectivity index (χ4v) is 1.04. The molecule has 0 saturated carbocycles. The third kappa shape index (κ3) is 3.93. The van der Waals surface area contributed by atoms with Gasteiger partial charge in [-0.3, -0.25) is 4.79 Å². The molecule has 1 aromatic rings. The van der Waals surface area contributed by atoms with Crippen molar-refractivity contribution in [3.63, 3.8) is 0 Å². The van der Waals surface area contributed by atoms with E-state index in [-0.39, 0.29) is 40.3 Å². The van der Waals surface area contributed by atoms with Crippen LogP contribution < -0.4 is 5.73 Å². The zero-order valence-electron chi connectivity index (χ0n) is 7.65. The summed E-state index contributed by atoms with van der Waals surface area (Å²) >= 11 is 0. The number of carboxylic acids is 1. The van der Waals surface area contributed by atoms with E-state index >= 15 is 0 Å². The molecular weight excluding hydrogens is 294 g/mol. The van der Waals surface area contributed by atoms with Crippen LogP contribution in [-0.4, -0.2) is 27.3 Å². The Kier molecular flexibility index (Phi) is 5.38. The summed E-state index contributed by atoms with van der Waals surface area (Å²) in [6, 6.07) is 3.09. The summed E-state index contributed by atoms with van der Waals surface area (Å²) in [5, 5.41) is 26.6. The van der Waals surface area contributed by atoms with E-state index in [1.807, 2.05) is 0 Å². The summed E-state index contributed by atoms with van der Waals surface area (Å²) in [6.07, 6.45) is 0.114. The third-order valence-electron chi connectivity index (χ3n) is 1.81. The topological polar surface area (TPSA) is 104 Å². The quantitative estimate of drug-likeness (QED) is 0.467. The summed E-state index contributed by atoms with van der Waals surface area (Å²) in [5.74, 6) is -1.62. The van der Waals surface area contributed by atoms with Gasteiger partial charge in [0, 0.05) is 22.4 Å². The minimum Gasteiger partial charge on any atom is -0.504 e. The maximum Gasteiger partial charge on any atom is 0.320 e. The molecule has 0 aliphatic heterocycles. The Bertz CT molecular complexity index is 356. The molecule has 0 aliphatic carbocycles. The summed E-state index contributed by atoms with van der Waals surface area (Å²) in [6.45, 7) is 0. The summed E-state index contributed by atoms with van der Waals surface area (Å²) < 4.78 is 0. The van der Waals surface area contributed by atoms with Crippen LogP contribution in [-0.2, 0) is 33.6 Å². The predicted molar refractivity (Wildman–Crippen MR) is 49.1 cm³/mol. The van der Waals surface area contributed by atoms with Gasteiger partial charge in [-0.2, -0.15) is 0 Å². The Morgan fingerprint density at radius 3 is 2.40 bits per heavy atom. The molecule has 5 N–H and O–H groups in total. The Balaban J connectivity index is 0.00000196. The van der Waals surface area contributed by atoms with Crippen LogP contribution in [0.2, 0.25) is 0 Å². The largest absolute Gasteiger partial charge is 0.504 e. The first-order valence-electron chi connectivity index (χ1n) is 4.00. The summed E-state index contributed by atoms with van der Waals surface area (Å²) in [7, 11) is 0. The van der Waals surface area contributed by atoms with Gasteiger partial charge in [0.25, 0.3) is 0 Å². The number of rotatable bonds is 3. The smallest absolute Gasteiger partial charge is 0.320 e. The van der Waals surface area contributed by atoms with Crippen LogP contribution in [0.3, 0.4) is 0 Å². The van der Waals surface area contributed by atoms with Gasteiger partial charge in [0.1, 0.15) is 6.04 Å². The molecule has 1 rings (SSSR count). The SMILES string of the molecule is NC(Cc1ccc(O)c(O)c1)C(=O)O.[Ag]. The predicted octanol–water partition coefficient (Wildman–Crippen LogP) is 0.0497. The van der Waals surface area contributed by atoms with Crippen molar-refractivity contribution >= 4 is 5.97 Å². The van der Waals surface area contributed by atoms with E-state index in [4.69, 9.17) is 21.1 Å². The van der Waals surface area contributed by atoms with E-state index in [1.54, 1.807) is 0 Å². The van der Waals surface area contributed by atoms with Crippen LogP contribution in [0.1, 0.15) is 5.56 Å². The first-order valence-corrected chi connectivity index (χ1v) is 4.00. The molecule has 0 aliphatic rings. The van der Waals surface area contributed by atoms with Gasteiger partial charge < -0.3 is 21.1 Å². The van der Waals surface area contributed by atoms with Crippen molar-refractivity contribution in [1.29, 1.82) is 0 Å². The number of phenolic OH excluding ortho intramolecular Hbond substituents is 2. The number of aliphatic carboxylic acids is 1. The number of carboxylic acid groups (broad SMARTS) is 1. The summed E-state index contributed by atoms with van der Waals surface area (Å²) in [5.41, 5.74) is 5.86. The number of aromatic hydroxyl groups is 2. The first-order chi connectivity index (χ1) is 6.50. The van der Waals surface area contributed by atoms with Gasteiger partial charge in [0.05, 0.1) is 0 Å². The van der Waals surface area contributed by atoms with Gasteiger partial charge in [-0.25, -0.2) is 0 Å². The second kappa shape index (κ2) is 5.77. The molecule has 0 fully saturated rings. The molecule has 0 amide bonds. The molecule has 1 radical (unpaired) electrons. The minimum atomic E-state index is -1.10. The van der Waals surface area contributed by atoms with Crippen molar-refractivity contribution in [2.45, 2.75) is 12.5 Å². The fourth-order valence-electron chi connectivity index (χ4n) is 1.04. The van der Waals surface area contributed by atoms with Crippen LogP contribution in [0.5, 0.6) is 11.5 Å². The number of hydrogen-bond donors (Lipinski definition) is 4. The molecule has 0 spiro atoms. The number of hydrogen-bond acceptors (Lipinski definition) is 4. The van der Waals surface area contributed by atoms with E-state index in [0.29, 0.717) is 5.56 Å². The number of carbonyl (C=O) groups is 1. The number of nitrogens with two attached hydrogens (primary N) is 1. The van der Waals surface area contributed by atoms with Crippen LogP contribution in [0, 0.1) is 0 Å². The van der Waals surface area contributed by atoms with Gasteiger partial charge in [-0.05, 0) is 24.1 Å². The maximum absolute atomic E-state index is 10.4. The Hall–Kier alpha value is -1.01. The van der Waals surface area contributed by atoms with E-state index in [9.17, 15) is 4.79 Å². The van der Waals surface area contributed by atoms with E-state index in [1.165, 1.54) is 18.2 Å². The molecule has 0 bridgehead atoms. The van der Waals surface area contributed by atoms with Crippen LogP contribution in [0.15, 0.2) is 18.2 Å². The molecule has 5 nitrogen and oxygen atoms in total. The van der Waals surface area contributed by atoms with E-state index in [2.05, 4.69) is 0 Å². The monoisotopic (exact) mass is 304 g/mol. The summed E-state index contributed by atoms with van der Waals surface area (Å²) in [4.78, 5) is 10.4. The van der Waals surface area contributed by atoms with Gasteiger partial charge in [-0.15, -0.1) is 0 Å². The van der Waals surface area contributed by atoms with Gasteiger partial charge >= 0.3 is 5.97 Å². The average molecular weight is 305 g/mol. The second-order valence-corrected chi connectivity index (χ2v) is 2.97. The minimum absolute atomic E-state index is 0.